The summed E-state index contributed by atoms with van der Waals surface area (Å²) in [4.78, 5) is 21.5. The second kappa shape index (κ2) is 9.94. The summed E-state index contributed by atoms with van der Waals surface area (Å²) >= 11 is 0. The number of nitrogens with one attached hydrogen (secondary N) is 1. The molecule has 1 aliphatic carbocycles. The van der Waals surface area contributed by atoms with Gasteiger partial charge >= 0.3 is 0 Å². The number of carbonyl (C=O) groups is 1. The zero-order valence-corrected chi connectivity index (χ0v) is 18.9. The van der Waals surface area contributed by atoms with Crippen molar-refractivity contribution < 1.29 is 14.1 Å². The number of benzene rings is 1. The number of methoxy groups -OCH3 is 1. The number of hydrogen-bond donors (Lipinski definition) is 1. The van der Waals surface area contributed by atoms with Gasteiger partial charge in [0.1, 0.15) is 11.6 Å². The summed E-state index contributed by atoms with van der Waals surface area (Å²) in [5.74, 6) is 3.21. The summed E-state index contributed by atoms with van der Waals surface area (Å²) in [5, 5.41) is 7.13. The molecule has 0 saturated heterocycles. The molecule has 0 unspecified atom stereocenters. The Bertz CT molecular complexity index is 1050. The molecule has 0 radical (unpaired) electrons. The van der Waals surface area contributed by atoms with Gasteiger partial charge in [-0.05, 0) is 63.1 Å². The molecule has 7 nitrogen and oxygen atoms in total. The predicted octanol–water partition coefficient (Wildman–Crippen LogP) is 4.39. The Morgan fingerprint density at radius 2 is 1.91 bits per heavy atom. The highest BCUT2D eigenvalue weighted by molar-refractivity contribution is 5.78. The lowest BCUT2D eigenvalue weighted by Crippen LogP contribution is -2.32. The van der Waals surface area contributed by atoms with Crippen molar-refractivity contribution in [2.45, 2.75) is 51.9 Å². The SMILES string of the molecule is COc1ccc(CC(=O)NCC2CCC(c3nc(C)ncc3-c3cc(C)no3)CC2)cc1. The monoisotopic (exact) mass is 434 g/mol. The van der Waals surface area contributed by atoms with Gasteiger partial charge < -0.3 is 14.6 Å². The van der Waals surface area contributed by atoms with Crippen LogP contribution in [0.5, 0.6) is 5.75 Å². The maximum absolute atomic E-state index is 12.4. The molecule has 1 saturated carbocycles. The molecule has 168 valence electrons. The van der Waals surface area contributed by atoms with Crippen LogP contribution in [0.2, 0.25) is 0 Å². The van der Waals surface area contributed by atoms with Crippen molar-refractivity contribution >= 4 is 5.91 Å². The number of aromatic nitrogens is 3. The molecule has 0 aliphatic heterocycles. The topological polar surface area (TPSA) is 90.1 Å². The van der Waals surface area contributed by atoms with E-state index in [9.17, 15) is 4.79 Å². The van der Waals surface area contributed by atoms with Crippen LogP contribution in [0.15, 0.2) is 41.1 Å². The largest absolute Gasteiger partial charge is 0.497 e. The first kappa shape index (κ1) is 22.0. The highest BCUT2D eigenvalue weighted by Gasteiger charge is 2.27. The van der Waals surface area contributed by atoms with Crippen molar-refractivity contribution in [2.75, 3.05) is 13.7 Å². The van der Waals surface area contributed by atoms with Crippen LogP contribution in [0.1, 0.15) is 54.4 Å². The van der Waals surface area contributed by atoms with E-state index in [-0.39, 0.29) is 5.91 Å². The lowest BCUT2D eigenvalue weighted by molar-refractivity contribution is -0.120. The van der Waals surface area contributed by atoms with E-state index >= 15 is 0 Å². The molecule has 2 aromatic heterocycles. The average Bonchev–Trinajstić information content (AvgIpc) is 3.24. The molecule has 1 aliphatic rings. The molecule has 2 heterocycles. The third kappa shape index (κ3) is 5.33. The Kier molecular flexibility index (Phi) is 6.83. The van der Waals surface area contributed by atoms with Crippen molar-refractivity contribution in [1.82, 2.24) is 20.4 Å². The number of aryl methyl sites for hydroxylation is 2. The summed E-state index contributed by atoms with van der Waals surface area (Å²) in [6.45, 7) is 4.55. The minimum Gasteiger partial charge on any atom is -0.497 e. The fourth-order valence-corrected chi connectivity index (χ4v) is 4.37. The lowest BCUT2D eigenvalue weighted by Gasteiger charge is -2.29. The molecule has 1 aromatic carbocycles. The Balaban J connectivity index is 1.31. The van der Waals surface area contributed by atoms with Crippen molar-refractivity contribution in [3.63, 3.8) is 0 Å². The number of hydrogen-bond acceptors (Lipinski definition) is 6. The molecule has 3 aromatic rings. The maximum Gasteiger partial charge on any atom is 0.224 e. The number of ether oxygens (including phenoxy) is 1. The van der Waals surface area contributed by atoms with Gasteiger partial charge in [-0.25, -0.2) is 9.97 Å². The Morgan fingerprint density at radius 3 is 2.56 bits per heavy atom. The second-order valence-electron chi connectivity index (χ2n) is 8.60. The molecule has 0 atom stereocenters. The van der Waals surface area contributed by atoms with E-state index in [0.29, 0.717) is 18.3 Å². The zero-order valence-electron chi connectivity index (χ0n) is 18.9. The fraction of sp³-hybridized carbons (Fsp3) is 0.440. The minimum atomic E-state index is 0.0618. The van der Waals surface area contributed by atoms with E-state index in [1.54, 1.807) is 7.11 Å². The molecular weight excluding hydrogens is 404 g/mol. The maximum atomic E-state index is 12.4. The van der Waals surface area contributed by atoms with E-state index < -0.39 is 0 Å². The molecule has 4 rings (SSSR count). The lowest BCUT2D eigenvalue weighted by atomic mass is 9.79. The van der Waals surface area contributed by atoms with E-state index in [1.165, 1.54) is 0 Å². The molecule has 7 heteroatoms. The van der Waals surface area contributed by atoms with Gasteiger partial charge in [0, 0.05) is 24.7 Å². The summed E-state index contributed by atoms with van der Waals surface area (Å²) < 4.78 is 10.6. The van der Waals surface area contributed by atoms with E-state index in [0.717, 1.165) is 72.1 Å². The quantitative estimate of drug-likeness (QED) is 0.593. The number of amides is 1. The molecule has 1 amide bonds. The van der Waals surface area contributed by atoms with Crippen molar-refractivity contribution in [3.8, 4) is 17.1 Å². The van der Waals surface area contributed by atoms with Gasteiger partial charge in [0.2, 0.25) is 5.91 Å². The summed E-state index contributed by atoms with van der Waals surface area (Å²) in [6, 6.07) is 9.56. The van der Waals surface area contributed by atoms with Crippen molar-refractivity contribution in [1.29, 1.82) is 0 Å². The minimum absolute atomic E-state index is 0.0618. The molecule has 1 N–H and O–H groups in total. The van der Waals surface area contributed by atoms with Crippen LogP contribution >= 0.6 is 0 Å². The van der Waals surface area contributed by atoms with Gasteiger partial charge in [-0.15, -0.1) is 0 Å². The van der Waals surface area contributed by atoms with Gasteiger partial charge in [-0.1, -0.05) is 17.3 Å². The third-order valence-corrected chi connectivity index (χ3v) is 6.18. The van der Waals surface area contributed by atoms with Gasteiger partial charge in [-0.2, -0.15) is 0 Å². The van der Waals surface area contributed by atoms with Crippen LogP contribution in [0.25, 0.3) is 11.3 Å². The standard InChI is InChI=1S/C25H30N4O3/c1-16-12-23(32-29-16)22-15-26-17(2)28-25(22)20-8-4-19(5-9-20)14-27-24(30)13-18-6-10-21(31-3)11-7-18/h6-7,10-12,15,19-20H,4-5,8-9,13-14H2,1-3H3,(H,27,30). The average molecular weight is 435 g/mol. The smallest absolute Gasteiger partial charge is 0.224 e. The van der Waals surface area contributed by atoms with Gasteiger partial charge in [-0.3, -0.25) is 4.79 Å². The first-order chi connectivity index (χ1) is 15.5. The van der Waals surface area contributed by atoms with Crippen LogP contribution < -0.4 is 10.1 Å². The van der Waals surface area contributed by atoms with E-state index in [1.807, 2.05) is 50.4 Å². The van der Waals surface area contributed by atoms with Crippen LogP contribution in [-0.4, -0.2) is 34.7 Å². The van der Waals surface area contributed by atoms with Crippen LogP contribution in [0.3, 0.4) is 0 Å². The van der Waals surface area contributed by atoms with Crippen molar-refractivity contribution in [2.24, 2.45) is 5.92 Å². The molecule has 0 bridgehead atoms. The first-order valence-electron chi connectivity index (χ1n) is 11.2. The first-order valence-corrected chi connectivity index (χ1v) is 11.2. The van der Waals surface area contributed by atoms with Crippen LogP contribution in [-0.2, 0) is 11.2 Å². The molecule has 32 heavy (non-hydrogen) atoms. The Hall–Kier alpha value is -3.22. The predicted molar refractivity (Wildman–Crippen MR) is 121 cm³/mol. The number of carbonyl (C=O) groups excluding carboxylic acids is 1. The van der Waals surface area contributed by atoms with E-state index in [4.69, 9.17) is 14.2 Å². The summed E-state index contributed by atoms with van der Waals surface area (Å²) in [6.07, 6.45) is 6.44. The zero-order chi connectivity index (χ0) is 22.5. The number of rotatable bonds is 7. The highest BCUT2D eigenvalue weighted by Crippen LogP contribution is 2.38. The number of nitrogens with zero attached hydrogens (tertiary/aromatic N) is 3. The molecular formula is C25H30N4O3. The van der Waals surface area contributed by atoms with Gasteiger partial charge in [0.15, 0.2) is 5.76 Å². The second-order valence-corrected chi connectivity index (χ2v) is 8.60. The Labute approximate surface area is 188 Å². The van der Waals surface area contributed by atoms with E-state index in [2.05, 4.69) is 15.5 Å². The fourth-order valence-electron chi connectivity index (χ4n) is 4.37. The van der Waals surface area contributed by atoms with Gasteiger partial charge in [0.05, 0.1) is 30.5 Å². The highest BCUT2D eigenvalue weighted by atomic mass is 16.5. The van der Waals surface area contributed by atoms with Gasteiger partial charge in [0.25, 0.3) is 0 Å². The third-order valence-electron chi connectivity index (χ3n) is 6.18. The van der Waals surface area contributed by atoms with Crippen molar-refractivity contribution in [3.05, 3.63) is 59.3 Å². The molecule has 0 spiro atoms. The summed E-state index contributed by atoms with van der Waals surface area (Å²) in [5.41, 5.74) is 3.82. The van der Waals surface area contributed by atoms with Crippen LogP contribution in [0.4, 0.5) is 0 Å². The van der Waals surface area contributed by atoms with Crippen LogP contribution in [0, 0.1) is 19.8 Å². The molecule has 1 fully saturated rings. The summed E-state index contributed by atoms with van der Waals surface area (Å²) in [7, 11) is 1.64. The Morgan fingerprint density at radius 1 is 1.16 bits per heavy atom. The normalized spacial score (nSPS) is 18.3.